The maximum Gasteiger partial charge on any atom is 0.292 e. The van der Waals surface area contributed by atoms with Crippen molar-refractivity contribution in [3.05, 3.63) is 93.5 Å². The number of benzene rings is 3. The summed E-state index contributed by atoms with van der Waals surface area (Å²) in [5.74, 6) is -0.926. The van der Waals surface area contributed by atoms with E-state index in [-0.39, 0.29) is 17.3 Å². The van der Waals surface area contributed by atoms with Crippen molar-refractivity contribution in [1.29, 1.82) is 0 Å². The van der Waals surface area contributed by atoms with E-state index in [1.165, 1.54) is 12.1 Å². The summed E-state index contributed by atoms with van der Waals surface area (Å²) in [6, 6.07) is 19.6. The second-order valence-electron chi connectivity index (χ2n) is 7.94. The minimum atomic E-state index is -0.698. The van der Waals surface area contributed by atoms with Crippen LogP contribution in [0, 0.1) is 10.1 Å². The molecule has 3 aromatic carbocycles. The van der Waals surface area contributed by atoms with Gasteiger partial charge < -0.3 is 16.0 Å². The molecule has 0 aliphatic carbocycles. The largest absolute Gasteiger partial charge is 0.393 e. The van der Waals surface area contributed by atoms with Gasteiger partial charge in [-0.1, -0.05) is 36.4 Å². The summed E-state index contributed by atoms with van der Waals surface area (Å²) in [6.45, 7) is 0.791. The van der Waals surface area contributed by atoms with Crippen LogP contribution in [0.3, 0.4) is 0 Å². The number of nitrogens with two attached hydrogens (primary N) is 1. The number of nitrogens with one attached hydrogen (secondary N) is 1. The number of anilines is 2. The van der Waals surface area contributed by atoms with Crippen molar-refractivity contribution in [2.24, 2.45) is 4.99 Å². The van der Waals surface area contributed by atoms with Crippen LogP contribution in [0.15, 0.2) is 71.7 Å². The van der Waals surface area contributed by atoms with E-state index in [0.29, 0.717) is 22.6 Å². The van der Waals surface area contributed by atoms with E-state index >= 15 is 0 Å². The number of amides is 1. The van der Waals surface area contributed by atoms with Gasteiger partial charge in [0, 0.05) is 23.9 Å². The van der Waals surface area contributed by atoms with Crippen LogP contribution in [-0.4, -0.2) is 35.5 Å². The predicted octanol–water partition coefficient (Wildman–Crippen LogP) is 4.10. The molecule has 0 radical (unpaired) electrons. The molecular formula is C24H23N5O3. The fraction of sp³-hybridized carbons (Fsp3) is 0.167. The molecule has 0 fully saturated rings. The van der Waals surface area contributed by atoms with Crippen molar-refractivity contribution >= 4 is 34.4 Å². The minimum Gasteiger partial charge on any atom is -0.393 e. The average Bonchev–Trinajstić information content (AvgIpc) is 3.08. The van der Waals surface area contributed by atoms with Crippen molar-refractivity contribution in [3.63, 3.8) is 0 Å². The molecule has 3 aromatic rings. The van der Waals surface area contributed by atoms with Crippen molar-refractivity contribution in [1.82, 2.24) is 4.90 Å². The lowest BCUT2D eigenvalue weighted by atomic mass is 9.90. The molecule has 0 spiro atoms. The summed E-state index contributed by atoms with van der Waals surface area (Å²) < 4.78 is 0. The quantitative estimate of drug-likeness (QED) is 0.265. The van der Waals surface area contributed by atoms with Crippen LogP contribution in [0.25, 0.3) is 0 Å². The zero-order chi connectivity index (χ0) is 22.8. The Labute approximate surface area is 185 Å². The van der Waals surface area contributed by atoms with Gasteiger partial charge in [-0.25, -0.2) is 0 Å². The topological polar surface area (TPSA) is 114 Å². The Balaban J connectivity index is 1.84. The first-order valence-electron chi connectivity index (χ1n) is 10.1. The Hall–Kier alpha value is -4.04. The molecule has 1 aliphatic heterocycles. The number of nitrogen functional groups attached to an aromatic ring is 1. The van der Waals surface area contributed by atoms with Gasteiger partial charge in [-0.15, -0.1) is 0 Å². The van der Waals surface area contributed by atoms with Crippen molar-refractivity contribution in [2.75, 3.05) is 25.1 Å². The summed E-state index contributed by atoms with van der Waals surface area (Å²) >= 11 is 0. The lowest BCUT2D eigenvalue weighted by Crippen LogP contribution is -2.22. The van der Waals surface area contributed by atoms with Gasteiger partial charge >= 0.3 is 0 Å². The molecule has 1 atom stereocenters. The number of aliphatic imine (C=N–C) groups is 1. The number of nitro groups is 1. The smallest absolute Gasteiger partial charge is 0.292 e. The number of para-hydroxylation sites is 1. The molecule has 32 heavy (non-hydrogen) atoms. The maximum atomic E-state index is 12.9. The van der Waals surface area contributed by atoms with E-state index in [9.17, 15) is 14.9 Å². The third-order valence-corrected chi connectivity index (χ3v) is 5.27. The fourth-order valence-electron chi connectivity index (χ4n) is 3.82. The summed E-state index contributed by atoms with van der Waals surface area (Å²) in [4.78, 5) is 30.7. The minimum absolute atomic E-state index is 0.0578. The van der Waals surface area contributed by atoms with Crippen LogP contribution in [0.1, 0.15) is 22.6 Å². The molecule has 8 nitrogen and oxygen atoms in total. The number of carbonyl (C=O) groups excluding carboxylic acids is 1. The third kappa shape index (κ3) is 4.21. The number of nitrogens with zero attached hydrogens (tertiary/aromatic N) is 3. The molecule has 4 rings (SSSR count). The van der Waals surface area contributed by atoms with Crippen molar-refractivity contribution in [3.8, 4) is 0 Å². The van der Waals surface area contributed by atoms with Crippen LogP contribution in [-0.2, 0) is 11.3 Å². The summed E-state index contributed by atoms with van der Waals surface area (Å²) in [5, 5.41) is 14.3. The van der Waals surface area contributed by atoms with Crippen molar-refractivity contribution < 1.29 is 9.72 Å². The normalized spacial score (nSPS) is 15.5. The Morgan fingerprint density at radius 1 is 1.12 bits per heavy atom. The Morgan fingerprint density at radius 2 is 1.84 bits per heavy atom. The second-order valence-corrected chi connectivity index (χ2v) is 7.94. The second kappa shape index (κ2) is 8.60. The average molecular weight is 429 g/mol. The molecule has 0 saturated heterocycles. The molecule has 3 N–H and O–H groups in total. The van der Waals surface area contributed by atoms with Crippen LogP contribution >= 0.6 is 0 Å². The summed E-state index contributed by atoms with van der Waals surface area (Å²) in [6.07, 6.45) is 0. The molecule has 162 valence electrons. The molecule has 1 aliphatic rings. The van der Waals surface area contributed by atoms with Gasteiger partial charge in [-0.3, -0.25) is 19.9 Å². The van der Waals surface area contributed by atoms with E-state index in [2.05, 4.69) is 10.2 Å². The van der Waals surface area contributed by atoms with Crippen molar-refractivity contribution in [2.45, 2.75) is 12.5 Å². The Morgan fingerprint density at radius 3 is 2.53 bits per heavy atom. The van der Waals surface area contributed by atoms with Gasteiger partial charge in [0.05, 0.1) is 16.3 Å². The number of rotatable bonds is 6. The molecule has 1 amide bonds. The molecule has 1 heterocycles. The van der Waals surface area contributed by atoms with Crippen LogP contribution < -0.4 is 11.1 Å². The zero-order valence-electron chi connectivity index (χ0n) is 17.8. The Bertz CT molecular complexity index is 1220. The molecule has 0 saturated carbocycles. The molecule has 1 unspecified atom stereocenters. The van der Waals surface area contributed by atoms with Crippen LogP contribution in [0.2, 0.25) is 0 Å². The predicted molar refractivity (Wildman–Crippen MR) is 125 cm³/mol. The lowest BCUT2D eigenvalue weighted by Gasteiger charge is -2.15. The first-order valence-corrected chi connectivity index (χ1v) is 10.1. The number of carbonyl (C=O) groups is 1. The number of fused-ring (bicyclic) bond motifs is 1. The van der Waals surface area contributed by atoms with Gasteiger partial charge in [0.2, 0.25) is 5.91 Å². The van der Waals surface area contributed by atoms with E-state index < -0.39 is 10.8 Å². The third-order valence-electron chi connectivity index (χ3n) is 5.27. The van der Waals surface area contributed by atoms with Gasteiger partial charge in [0.1, 0.15) is 11.6 Å². The van der Waals surface area contributed by atoms with Gasteiger partial charge in [-0.05, 0) is 49.5 Å². The first kappa shape index (κ1) is 21.2. The number of hydrogen-bond acceptors (Lipinski definition) is 6. The molecule has 8 heteroatoms. The molecule has 0 aromatic heterocycles. The maximum absolute atomic E-state index is 12.9. The first-order chi connectivity index (χ1) is 15.3. The standard InChI is InChI=1S/C24H23N5O3/c1-28(2)14-15-7-10-17(11-8-15)26-23(16-9-12-19(25)21(13-16)29(31)32)22-18-5-3-4-6-20(18)27-24(22)30/h3-13,22H,14,25H2,1-2H3,(H,27,30). The Kier molecular flexibility index (Phi) is 5.70. The van der Waals surface area contributed by atoms with E-state index in [0.717, 1.165) is 17.7 Å². The zero-order valence-corrected chi connectivity index (χ0v) is 17.8. The fourth-order valence-corrected chi connectivity index (χ4v) is 3.82. The van der Waals surface area contributed by atoms with E-state index in [4.69, 9.17) is 10.7 Å². The van der Waals surface area contributed by atoms with Gasteiger partial charge in [-0.2, -0.15) is 0 Å². The number of nitro benzene ring substituents is 1. The SMILES string of the molecule is CN(C)Cc1ccc(N=C(c2ccc(N)c([N+](=O)[O-])c2)C2C(=O)Nc3ccccc32)cc1. The highest BCUT2D eigenvalue weighted by Crippen LogP contribution is 2.37. The monoisotopic (exact) mass is 429 g/mol. The highest BCUT2D eigenvalue weighted by atomic mass is 16.6. The molecular weight excluding hydrogens is 406 g/mol. The van der Waals surface area contributed by atoms with Crippen LogP contribution in [0.4, 0.5) is 22.7 Å². The van der Waals surface area contributed by atoms with E-state index in [1.54, 1.807) is 6.07 Å². The highest BCUT2D eigenvalue weighted by molar-refractivity contribution is 6.24. The summed E-state index contributed by atoms with van der Waals surface area (Å²) in [7, 11) is 3.99. The van der Waals surface area contributed by atoms with E-state index in [1.807, 2.05) is 62.6 Å². The van der Waals surface area contributed by atoms with Gasteiger partial charge in [0.15, 0.2) is 0 Å². The van der Waals surface area contributed by atoms with Gasteiger partial charge in [0.25, 0.3) is 5.69 Å². The summed E-state index contributed by atoms with van der Waals surface area (Å²) in [5.41, 5.74) is 9.80. The number of hydrogen-bond donors (Lipinski definition) is 2. The lowest BCUT2D eigenvalue weighted by molar-refractivity contribution is -0.383. The highest BCUT2D eigenvalue weighted by Gasteiger charge is 2.35. The molecule has 0 bridgehead atoms. The van der Waals surface area contributed by atoms with Crippen LogP contribution in [0.5, 0.6) is 0 Å².